The van der Waals surface area contributed by atoms with Crippen LogP contribution in [0.1, 0.15) is 14.4 Å². The Balaban J connectivity index is 0.00000261. The summed E-state index contributed by atoms with van der Waals surface area (Å²) in [6.45, 7) is 6.14. The summed E-state index contributed by atoms with van der Waals surface area (Å²) < 4.78 is 0. The highest BCUT2D eigenvalue weighted by molar-refractivity contribution is 6.91. The molecule has 134 valence electrons. The van der Waals surface area contributed by atoms with Crippen molar-refractivity contribution in [3.05, 3.63) is 121 Å². The van der Waals surface area contributed by atoms with Crippen molar-refractivity contribution in [2.75, 3.05) is 0 Å². The van der Waals surface area contributed by atoms with Crippen LogP contribution in [-0.2, 0) is 0 Å². The summed E-state index contributed by atoms with van der Waals surface area (Å²) in [4.78, 5) is 0. The van der Waals surface area contributed by atoms with E-state index in [0.29, 0.717) is 0 Å². The van der Waals surface area contributed by atoms with Crippen LogP contribution in [0.3, 0.4) is 0 Å². The lowest BCUT2D eigenvalue weighted by molar-refractivity contribution is 1.63. The largest absolute Gasteiger partial charge is 0.241 e. The van der Waals surface area contributed by atoms with Gasteiger partial charge in [-0.3, -0.25) is 0 Å². The Bertz CT molecular complexity index is 888. The van der Waals surface area contributed by atoms with E-state index in [4.69, 9.17) is 0 Å². The Kier molecular flexibility index (Phi) is 7.64. The normalized spacial score (nSPS) is 11.1. The standard InChI is InChI=1S/C25H23B.CH4/c1-3-11-23(12-4-2)26(24-15-9-6-10-16-24)25-19-17-22(18-20-25)21-13-7-5-8-14-21;/h3-20H,1H2,2H3;1H4/b12-4-,23-11+;. The van der Waals surface area contributed by atoms with Crippen molar-refractivity contribution in [1.82, 2.24) is 0 Å². The van der Waals surface area contributed by atoms with Gasteiger partial charge in [0, 0.05) is 0 Å². The van der Waals surface area contributed by atoms with E-state index in [1.807, 2.05) is 12.1 Å². The van der Waals surface area contributed by atoms with E-state index in [2.05, 4.69) is 111 Å². The number of allylic oxidation sites excluding steroid dienone is 5. The average Bonchev–Trinajstić information content (AvgIpc) is 2.71. The van der Waals surface area contributed by atoms with Crippen LogP contribution in [0.25, 0.3) is 11.1 Å². The maximum atomic E-state index is 3.90. The molecule has 0 aliphatic rings. The second kappa shape index (κ2) is 10.2. The summed E-state index contributed by atoms with van der Waals surface area (Å²) in [5.74, 6) is 0. The van der Waals surface area contributed by atoms with Crippen LogP contribution in [0.2, 0.25) is 0 Å². The first kappa shape index (κ1) is 20.3. The fourth-order valence-electron chi connectivity index (χ4n) is 3.30. The molecule has 0 spiro atoms. The summed E-state index contributed by atoms with van der Waals surface area (Å²) in [5.41, 5.74) is 6.28. The van der Waals surface area contributed by atoms with Gasteiger partial charge in [-0.1, -0.05) is 140 Å². The first-order valence-electron chi connectivity index (χ1n) is 8.99. The molecule has 0 aliphatic carbocycles. The van der Waals surface area contributed by atoms with Crippen LogP contribution in [0.5, 0.6) is 0 Å². The minimum Gasteiger partial charge on any atom is -0.0991 e. The molecule has 0 saturated carbocycles. The smallest absolute Gasteiger partial charge is 0.0991 e. The van der Waals surface area contributed by atoms with Gasteiger partial charge < -0.3 is 0 Å². The summed E-state index contributed by atoms with van der Waals surface area (Å²) in [5, 5.41) is 0. The predicted molar refractivity (Wildman–Crippen MR) is 123 cm³/mol. The lowest BCUT2D eigenvalue weighted by atomic mass is 9.36. The highest BCUT2D eigenvalue weighted by atomic mass is 14.0. The second-order valence-electron chi connectivity index (χ2n) is 6.23. The van der Waals surface area contributed by atoms with Gasteiger partial charge >= 0.3 is 0 Å². The lowest BCUT2D eigenvalue weighted by Gasteiger charge is -2.17. The zero-order valence-electron chi connectivity index (χ0n) is 15.2. The molecule has 0 aromatic heterocycles. The SMILES string of the molecule is C.C=C/C=C(\C=C/C)B(c1ccccc1)c1ccc(-c2ccccc2)cc1. The second-order valence-corrected chi connectivity index (χ2v) is 6.23. The van der Waals surface area contributed by atoms with Crippen molar-refractivity contribution < 1.29 is 0 Å². The van der Waals surface area contributed by atoms with Crippen molar-refractivity contribution in [2.24, 2.45) is 0 Å². The molecule has 0 unspecified atom stereocenters. The number of hydrogen-bond donors (Lipinski definition) is 0. The third kappa shape index (κ3) is 4.98. The van der Waals surface area contributed by atoms with E-state index >= 15 is 0 Å². The molecule has 0 saturated heterocycles. The molecule has 0 heterocycles. The van der Waals surface area contributed by atoms with E-state index in [0.717, 1.165) is 0 Å². The van der Waals surface area contributed by atoms with Crippen molar-refractivity contribution in [3.8, 4) is 11.1 Å². The summed E-state index contributed by atoms with van der Waals surface area (Å²) >= 11 is 0. The third-order valence-electron chi connectivity index (χ3n) is 4.49. The molecule has 0 atom stereocenters. The Morgan fingerprint density at radius 2 is 1.26 bits per heavy atom. The van der Waals surface area contributed by atoms with Gasteiger partial charge in [-0.25, -0.2) is 0 Å². The highest BCUT2D eigenvalue weighted by Gasteiger charge is 2.21. The number of hydrogen-bond acceptors (Lipinski definition) is 0. The molecule has 3 aromatic carbocycles. The minimum atomic E-state index is 0. The Labute approximate surface area is 164 Å². The van der Waals surface area contributed by atoms with Crippen LogP contribution in [-0.4, -0.2) is 6.71 Å². The molecule has 0 nitrogen and oxygen atoms in total. The number of benzene rings is 3. The van der Waals surface area contributed by atoms with E-state index in [1.165, 1.54) is 27.5 Å². The highest BCUT2D eigenvalue weighted by Crippen LogP contribution is 2.18. The number of rotatable bonds is 6. The van der Waals surface area contributed by atoms with Crippen LogP contribution < -0.4 is 10.9 Å². The average molecular weight is 350 g/mol. The first-order chi connectivity index (χ1) is 12.8. The van der Waals surface area contributed by atoms with Gasteiger partial charge in [0.2, 0.25) is 6.71 Å². The predicted octanol–water partition coefficient (Wildman–Crippen LogP) is 5.83. The molecule has 0 radical (unpaired) electrons. The molecule has 0 fully saturated rings. The topological polar surface area (TPSA) is 0 Å². The Morgan fingerprint density at radius 1 is 0.741 bits per heavy atom. The van der Waals surface area contributed by atoms with E-state index < -0.39 is 0 Å². The fourth-order valence-corrected chi connectivity index (χ4v) is 3.30. The fraction of sp³-hybridized carbons (Fsp3) is 0.0769. The summed E-state index contributed by atoms with van der Waals surface area (Å²) in [7, 11) is 0. The molecule has 0 aliphatic heterocycles. The van der Waals surface area contributed by atoms with Gasteiger partial charge in [0.1, 0.15) is 0 Å². The third-order valence-corrected chi connectivity index (χ3v) is 4.49. The molecule has 0 amide bonds. The van der Waals surface area contributed by atoms with Crippen molar-refractivity contribution in [1.29, 1.82) is 0 Å². The maximum absolute atomic E-state index is 3.90. The minimum absolute atomic E-state index is 0. The van der Waals surface area contributed by atoms with Crippen LogP contribution in [0.4, 0.5) is 0 Å². The van der Waals surface area contributed by atoms with Gasteiger partial charge in [-0.15, -0.1) is 0 Å². The van der Waals surface area contributed by atoms with Gasteiger partial charge in [0.05, 0.1) is 0 Å². The first-order valence-corrected chi connectivity index (χ1v) is 8.99. The van der Waals surface area contributed by atoms with Crippen molar-refractivity contribution in [2.45, 2.75) is 14.4 Å². The Hall–Kier alpha value is -3.06. The zero-order valence-corrected chi connectivity index (χ0v) is 15.2. The van der Waals surface area contributed by atoms with Crippen molar-refractivity contribution >= 4 is 17.6 Å². The molecular weight excluding hydrogens is 323 g/mol. The Morgan fingerprint density at radius 3 is 1.81 bits per heavy atom. The molecular formula is C26H27B. The van der Waals surface area contributed by atoms with E-state index in [9.17, 15) is 0 Å². The molecule has 27 heavy (non-hydrogen) atoms. The zero-order chi connectivity index (χ0) is 18.2. The molecule has 1 heteroatoms. The molecule has 0 bridgehead atoms. The maximum Gasteiger partial charge on any atom is 0.241 e. The molecule has 3 aromatic rings. The van der Waals surface area contributed by atoms with E-state index in [1.54, 1.807) is 0 Å². The molecule has 3 rings (SSSR count). The van der Waals surface area contributed by atoms with Gasteiger partial charge in [-0.05, 0) is 18.1 Å². The lowest BCUT2D eigenvalue weighted by Crippen LogP contribution is -2.43. The van der Waals surface area contributed by atoms with Crippen molar-refractivity contribution in [3.63, 3.8) is 0 Å². The van der Waals surface area contributed by atoms with Gasteiger partial charge in [0.15, 0.2) is 0 Å². The quantitative estimate of drug-likeness (QED) is 0.388. The van der Waals surface area contributed by atoms with E-state index in [-0.39, 0.29) is 14.1 Å². The summed E-state index contributed by atoms with van der Waals surface area (Å²) in [6, 6.07) is 30.0. The summed E-state index contributed by atoms with van der Waals surface area (Å²) in [6.07, 6.45) is 8.22. The van der Waals surface area contributed by atoms with Crippen LogP contribution >= 0.6 is 0 Å². The monoisotopic (exact) mass is 350 g/mol. The van der Waals surface area contributed by atoms with Gasteiger partial charge in [-0.2, -0.15) is 0 Å². The molecule has 0 N–H and O–H groups in total. The van der Waals surface area contributed by atoms with Crippen LogP contribution in [0, 0.1) is 0 Å². The van der Waals surface area contributed by atoms with Crippen LogP contribution in [0.15, 0.2) is 121 Å². The van der Waals surface area contributed by atoms with Gasteiger partial charge in [0.25, 0.3) is 0 Å².